The van der Waals surface area contributed by atoms with Crippen LogP contribution in [-0.2, 0) is 4.79 Å². The fourth-order valence-corrected chi connectivity index (χ4v) is 4.73. The van der Waals surface area contributed by atoms with E-state index in [2.05, 4.69) is 10.2 Å². The molecule has 3 rings (SSSR count). The van der Waals surface area contributed by atoms with Gasteiger partial charge >= 0.3 is 0 Å². The lowest BCUT2D eigenvalue weighted by Crippen LogP contribution is -3.22. The second-order valence-corrected chi connectivity index (χ2v) is 8.23. The average Bonchev–Trinajstić information content (AvgIpc) is 2.66. The maximum Gasteiger partial charge on any atom is 0.278 e. The van der Waals surface area contributed by atoms with E-state index >= 15 is 0 Å². The third kappa shape index (κ3) is 3.82. The van der Waals surface area contributed by atoms with E-state index < -0.39 is 5.54 Å². The number of carbonyl (C=O) groups excluding carboxylic acids is 1. The molecule has 7 heteroatoms. The molecule has 2 heterocycles. The molecule has 5 nitrogen and oxygen atoms in total. The Labute approximate surface area is 165 Å². The molecule has 0 radical (unpaired) electrons. The number of carbonyl (C=O) groups is 1. The molecule has 2 aliphatic heterocycles. The molecule has 0 aromatic heterocycles. The van der Waals surface area contributed by atoms with E-state index in [1.165, 1.54) is 24.2 Å². The summed E-state index contributed by atoms with van der Waals surface area (Å²) in [6, 6.07) is 5.76. The predicted octanol–water partition coefficient (Wildman–Crippen LogP) is 1.73. The van der Waals surface area contributed by atoms with Gasteiger partial charge in [0, 0.05) is 36.6 Å². The van der Waals surface area contributed by atoms with Gasteiger partial charge in [0.15, 0.2) is 10.7 Å². The number of likely N-dealkylation sites (tertiary alicyclic amines) is 2. The Hall–Kier alpha value is -1.37. The van der Waals surface area contributed by atoms with Crippen molar-refractivity contribution in [3.63, 3.8) is 0 Å². The second kappa shape index (κ2) is 8.11. The first-order chi connectivity index (χ1) is 12.4. The molecule has 0 unspecified atom stereocenters. The number of quaternary nitrogens is 1. The number of nitrogens with two attached hydrogens (primary N) is 1. The van der Waals surface area contributed by atoms with Gasteiger partial charge in [-0.1, -0.05) is 17.7 Å². The van der Waals surface area contributed by atoms with Crippen molar-refractivity contribution in [2.75, 3.05) is 31.5 Å². The monoisotopic (exact) mass is 395 g/mol. The number of nitrogens with zero attached hydrogens (tertiary/aromatic N) is 1. The highest BCUT2D eigenvalue weighted by atomic mass is 35.5. The van der Waals surface area contributed by atoms with Gasteiger partial charge < -0.3 is 20.9 Å². The summed E-state index contributed by atoms with van der Waals surface area (Å²) in [5.74, 6) is -0.154. The Morgan fingerprint density at radius 2 is 1.92 bits per heavy atom. The zero-order chi connectivity index (χ0) is 18.7. The number of hydrogen-bond donors (Lipinski definition) is 3. The standard InChI is InChI=1S/C19H27ClN4OS/c1-14-15(20)6-5-7-16(14)22-18(26)23-12-8-19(9-13-23,17(21)25)24-10-3-2-4-11-24/h5-7H,2-4,8-13H2,1H3,(H2,21,25)(H,22,26)/p+1. The van der Waals surface area contributed by atoms with E-state index in [0.29, 0.717) is 5.11 Å². The van der Waals surface area contributed by atoms with Crippen molar-refractivity contribution in [1.29, 1.82) is 0 Å². The van der Waals surface area contributed by atoms with Crippen LogP contribution in [0.15, 0.2) is 18.2 Å². The number of hydrogen-bond acceptors (Lipinski definition) is 2. The molecule has 142 valence electrons. The van der Waals surface area contributed by atoms with Gasteiger partial charge in [0.1, 0.15) is 0 Å². The van der Waals surface area contributed by atoms with Crippen molar-refractivity contribution in [3.05, 3.63) is 28.8 Å². The van der Waals surface area contributed by atoms with Gasteiger partial charge in [-0.25, -0.2) is 0 Å². The Bertz CT molecular complexity index is 682. The lowest BCUT2D eigenvalue weighted by molar-refractivity contribution is -0.948. The van der Waals surface area contributed by atoms with Crippen molar-refractivity contribution >= 4 is 40.5 Å². The molecule has 0 bridgehead atoms. The molecule has 0 saturated carbocycles. The van der Waals surface area contributed by atoms with E-state index in [9.17, 15) is 4.79 Å². The molecule has 4 N–H and O–H groups in total. The Morgan fingerprint density at radius 3 is 2.54 bits per heavy atom. The lowest BCUT2D eigenvalue weighted by atomic mass is 9.83. The summed E-state index contributed by atoms with van der Waals surface area (Å²) in [6.07, 6.45) is 5.14. The van der Waals surface area contributed by atoms with Crippen LogP contribution in [0, 0.1) is 6.92 Å². The molecule has 0 aliphatic carbocycles. The van der Waals surface area contributed by atoms with Crippen LogP contribution in [0.4, 0.5) is 5.69 Å². The van der Waals surface area contributed by atoms with E-state index in [4.69, 9.17) is 29.6 Å². The minimum absolute atomic E-state index is 0.154. The Morgan fingerprint density at radius 1 is 1.27 bits per heavy atom. The van der Waals surface area contributed by atoms with Crippen LogP contribution < -0.4 is 16.0 Å². The molecular weight excluding hydrogens is 368 g/mol. The molecule has 1 aromatic rings. The Kier molecular flexibility index (Phi) is 6.05. The summed E-state index contributed by atoms with van der Waals surface area (Å²) in [6.45, 7) is 5.57. The highest BCUT2D eigenvalue weighted by Gasteiger charge is 2.49. The fraction of sp³-hybridized carbons (Fsp3) is 0.579. The third-order valence-electron chi connectivity index (χ3n) is 6.02. The maximum atomic E-state index is 12.3. The predicted molar refractivity (Wildman–Crippen MR) is 110 cm³/mol. The summed E-state index contributed by atoms with van der Waals surface area (Å²) in [4.78, 5) is 15.9. The first kappa shape index (κ1) is 19.4. The largest absolute Gasteiger partial charge is 0.364 e. The van der Waals surface area contributed by atoms with Gasteiger partial charge in [-0.2, -0.15) is 0 Å². The van der Waals surface area contributed by atoms with Gasteiger partial charge in [0.2, 0.25) is 0 Å². The number of nitrogens with one attached hydrogen (secondary N) is 2. The van der Waals surface area contributed by atoms with Crippen molar-refractivity contribution in [1.82, 2.24) is 4.90 Å². The van der Waals surface area contributed by atoms with E-state index in [-0.39, 0.29) is 5.91 Å². The summed E-state index contributed by atoms with van der Waals surface area (Å²) in [7, 11) is 0. The molecule has 2 fully saturated rings. The van der Waals surface area contributed by atoms with Gasteiger partial charge in [0.25, 0.3) is 5.91 Å². The number of piperidine rings is 2. The van der Waals surface area contributed by atoms with E-state index in [1.54, 1.807) is 0 Å². The van der Waals surface area contributed by atoms with Gasteiger partial charge in [-0.05, 0) is 56.1 Å². The average molecular weight is 396 g/mol. The van der Waals surface area contributed by atoms with Crippen LogP contribution in [0.25, 0.3) is 0 Å². The number of anilines is 1. The third-order valence-corrected chi connectivity index (χ3v) is 6.79. The minimum Gasteiger partial charge on any atom is -0.364 e. The Balaban J connectivity index is 1.65. The summed E-state index contributed by atoms with van der Waals surface area (Å²) in [5.41, 5.74) is 7.35. The highest BCUT2D eigenvalue weighted by molar-refractivity contribution is 7.80. The SMILES string of the molecule is Cc1c(Cl)cccc1NC(=S)N1CCC(C(N)=O)([NH+]2CCCCC2)CC1. The fourth-order valence-electron chi connectivity index (χ4n) is 4.26. The summed E-state index contributed by atoms with van der Waals surface area (Å²) < 4.78 is 0. The van der Waals surface area contributed by atoms with Crippen LogP contribution >= 0.6 is 23.8 Å². The highest BCUT2D eigenvalue weighted by Crippen LogP contribution is 2.25. The molecular formula is C19H28ClN4OS+. The quantitative estimate of drug-likeness (QED) is 0.682. The van der Waals surface area contributed by atoms with Crippen molar-refractivity contribution in [2.45, 2.75) is 44.6 Å². The van der Waals surface area contributed by atoms with Crippen LogP contribution in [0.3, 0.4) is 0 Å². The topological polar surface area (TPSA) is 62.8 Å². The number of thiocarbonyl (C=S) groups is 1. The number of benzene rings is 1. The molecule has 2 aliphatic rings. The minimum atomic E-state index is -0.432. The van der Waals surface area contributed by atoms with E-state index in [1.807, 2.05) is 25.1 Å². The summed E-state index contributed by atoms with van der Waals surface area (Å²) in [5, 5.41) is 4.71. The van der Waals surface area contributed by atoms with Crippen LogP contribution in [0.5, 0.6) is 0 Å². The van der Waals surface area contributed by atoms with Gasteiger partial charge in [0.05, 0.1) is 13.1 Å². The molecule has 26 heavy (non-hydrogen) atoms. The number of halogens is 1. The number of rotatable bonds is 3. The molecule has 0 spiro atoms. The smallest absolute Gasteiger partial charge is 0.278 e. The molecule has 1 aromatic carbocycles. The molecule has 2 saturated heterocycles. The number of primary amides is 1. The van der Waals surface area contributed by atoms with Crippen LogP contribution in [0.2, 0.25) is 5.02 Å². The second-order valence-electron chi connectivity index (χ2n) is 7.44. The van der Waals surface area contributed by atoms with Crippen LogP contribution in [0.1, 0.15) is 37.7 Å². The normalized spacial score (nSPS) is 20.6. The lowest BCUT2D eigenvalue weighted by Gasteiger charge is -2.45. The van der Waals surface area contributed by atoms with Crippen molar-refractivity contribution < 1.29 is 9.69 Å². The first-order valence-corrected chi connectivity index (χ1v) is 10.2. The molecule has 1 amide bonds. The first-order valence-electron chi connectivity index (χ1n) is 9.40. The van der Waals surface area contributed by atoms with Gasteiger partial charge in [-0.15, -0.1) is 0 Å². The number of amides is 1. The van der Waals surface area contributed by atoms with Crippen molar-refractivity contribution in [2.24, 2.45) is 5.73 Å². The maximum absolute atomic E-state index is 12.3. The summed E-state index contributed by atoms with van der Waals surface area (Å²) >= 11 is 11.8. The van der Waals surface area contributed by atoms with Crippen molar-refractivity contribution in [3.8, 4) is 0 Å². The zero-order valence-corrected chi connectivity index (χ0v) is 16.9. The molecule has 0 atom stereocenters. The van der Waals surface area contributed by atoms with Crippen LogP contribution in [-0.4, -0.2) is 47.6 Å². The van der Waals surface area contributed by atoms with Gasteiger partial charge in [-0.3, -0.25) is 4.79 Å². The van der Waals surface area contributed by atoms with E-state index in [0.717, 1.165) is 55.3 Å². The zero-order valence-electron chi connectivity index (χ0n) is 15.3.